The Labute approximate surface area is 156 Å². The molecule has 3 heteroatoms. The van der Waals surface area contributed by atoms with E-state index in [0.717, 1.165) is 64.1 Å². The number of unbranched alkanes of at least 4 members (excludes halogenated alkanes) is 11. The van der Waals surface area contributed by atoms with Gasteiger partial charge in [0.1, 0.15) is 6.29 Å². The minimum atomic E-state index is 0.0406. The zero-order valence-electron chi connectivity index (χ0n) is 16.9. The predicted octanol–water partition coefficient (Wildman–Crippen LogP) is 6.63. The molecule has 0 spiro atoms. The molecule has 25 heavy (non-hydrogen) atoms. The molecule has 1 atom stereocenters. The van der Waals surface area contributed by atoms with Gasteiger partial charge in [-0.2, -0.15) is 0 Å². The van der Waals surface area contributed by atoms with Crippen LogP contribution in [0.1, 0.15) is 117 Å². The van der Waals surface area contributed by atoms with Crippen LogP contribution in [0.2, 0.25) is 0 Å². The van der Waals surface area contributed by atoms with E-state index in [9.17, 15) is 9.59 Å². The Morgan fingerprint density at radius 1 is 0.760 bits per heavy atom. The molecule has 0 heterocycles. The minimum Gasteiger partial charge on any atom is -0.465 e. The highest BCUT2D eigenvalue weighted by molar-refractivity contribution is 5.72. The van der Waals surface area contributed by atoms with Gasteiger partial charge >= 0.3 is 5.97 Å². The first kappa shape index (κ1) is 24.1. The fourth-order valence-electron chi connectivity index (χ4n) is 3.15. The Balaban J connectivity index is 3.69. The zero-order chi connectivity index (χ0) is 18.6. The highest BCUT2D eigenvalue weighted by Gasteiger charge is 2.18. The SMILES string of the molecule is CCCCCCC(CCCC)C(=O)OCCCCCCCCCC=O. The molecule has 0 rings (SSSR count). The van der Waals surface area contributed by atoms with Crippen LogP contribution in [0.25, 0.3) is 0 Å². The molecule has 0 bridgehead atoms. The molecule has 1 unspecified atom stereocenters. The maximum Gasteiger partial charge on any atom is 0.308 e. The third-order valence-corrected chi connectivity index (χ3v) is 4.86. The van der Waals surface area contributed by atoms with E-state index >= 15 is 0 Å². The molecule has 0 amide bonds. The lowest BCUT2D eigenvalue weighted by atomic mass is 9.95. The monoisotopic (exact) mass is 354 g/mol. The minimum absolute atomic E-state index is 0.0406. The van der Waals surface area contributed by atoms with Gasteiger partial charge in [0.05, 0.1) is 12.5 Å². The smallest absolute Gasteiger partial charge is 0.308 e. The molecule has 3 nitrogen and oxygen atoms in total. The van der Waals surface area contributed by atoms with E-state index in [0.29, 0.717) is 13.0 Å². The lowest BCUT2D eigenvalue weighted by Gasteiger charge is -2.15. The molecule has 0 aliphatic heterocycles. The highest BCUT2D eigenvalue weighted by atomic mass is 16.5. The summed E-state index contributed by atoms with van der Waals surface area (Å²) in [5.74, 6) is 0.161. The topological polar surface area (TPSA) is 43.4 Å². The average Bonchev–Trinajstić information content (AvgIpc) is 2.62. The van der Waals surface area contributed by atoms with Crippen molar-refractivity contribution >= 4 is 12.3 Å². The predicted molar refractivity (Wildman–Crippen MR) is 106 cm³/mol. The van der Waals surface area contributed by atoms with Crippen LogP contribution in [0.4, 0.5) is 0 Å². The second-order valence-electron chi connectivity index (χ2n) is 7.29. The summed E-state index contributed by atoms with van der Waals surface area (Å²) in [6.07, 6.45) is 18.8. The Hall–Kier alpha value is -0.860. The van der Waals surface area contributed by atoms with Gasteiger partial charge in [-0.25, -0.2) is 0 Å². The van der Waals surface area contributed by atoms with Crippen molar-refractivity contribution in [2.75, 3.05) is 6.61 Å². The Morgan fingerprint density at radius 2 is 1.32 bits per heavy atom. The number of hydrogen-bond donors (Lipinski definition) is 0. The highest BCUT2D eigenvalue weighted by Crippen LogP contribution is 2.19. The van der Waals surface area contributed by atoms with Crippen molar-refractivity contribution in [1.29, 1.82) is 0 Å². The molecule has 0 aliphatic carbocycles. The number of ether oxygens (including phenoxy) is 1. The van der Waals surface area contributed by atoms with Gasteiger partial charge in [-0.15, -0.1) is 0 Å². The van der Waals surface area contributed by atoms with Crippen LogP contribution in [0.3, 0.4) is 0 Å². The number of rotatable bonds is 19. The van der Waals surface area contributed by atoms with Crippen molar-refractivity contribution < 1.29 is 14.3 Å². The van der Waals surface area contributed by atoms with Crippen LogP contribution >= 0.6 is 0 Å². The summed E-state index contributed by atoms with van der Waals surface area (Å²) in [6.45, 7) is 4.98. The van der Waals surface area contributed by atoms with Crippen LogP contribution < -0.4 is 0 Å². The number of carbonyl (C=O) groups is 2. The maximum atomic E-state index is 12.3. The number of aldehydes is 1. The summed E-state index contributed by atoms with van der Waals surface area (Å²) in [4.78, 5) is 22.5. The number of esters is 1. The van der Waals surface area contributed by atoms with Gasteiger partial charge in [-0.3, -0.25) is 4.79 Å². The van der Waals surface area contributed by atoms with E-state index in [4.69, 9.17) is 4.74 Å². The van der Waals surface area contributed by atoms with Gasteiger partial charge in [0.15, 0.2) is 0 Å². The van der Waals surface area contributed by atoms with Gasteiger partial charge < -0.3 is 9.53 Å². The maximum absolute atomic E-state index is 12.3. The van der Waals surface area contributed by atoms with Crippen molar-refractivity contribution in [1.82, 2.24) is 0 Å². The lowest BCUT2D eigenvalue weighted by molar-refractivity contribution is -0.149. The summed E-state index contributed by atoms with van der Waals surface area (Å²) in [5.41, 5.74) is 0. The van der Waals surface area contributed by atoms with Crippen molar-refractivity contribution in [3.63, 3.8) is 0 Å². The molecular weight excluding hydrogens is 312 g/mol. The van der Waals surface area contributed by atoms with Gasteiger partial charge in [0.25, 0.3) is 0 Å². The fraction of sp³-hybridized carbons (Fsp3) is 0.909. The van der Waals surface area contributed by atoms with Crippen molar-refractivity contribution in [2.45, 2.75) is 117 Å². The number of hydrogen-bond acceptors (Lipinski definition) is 3. The van der Waals surface area contributed by atoms with Crippen molar-refractivity contribution in [2.24, 2.45) is 5.92 Å². The normalized spacial score (nSPS) is 12.1. The van der Waals surface area contributed by atoms with Gasteiger partial charge in [0, 0.05) is 6.42 Å². The molecule has 0 aromatic heterocycles. The van der Waals surface area contributed by atoms with Crippen LogP contribution in [0.15, 0.2) is 0 Å². The van der Waals surface area contributed by atoms with E-state index < -0.39 is 0 Å². The first-order valence-electron chi connectivity index (χ1n) is 10.9. The van der Waals surface area contributed by atoms with E-state index in [1.807, 2.05) is 0 Å². The molecule has 0 aliphatic rings. The summed E-state index contributed by atoms with van der Waals surface area (Å²) in [5, 5.41) is 0. The molecule has 0 saturated carbocycles. The quantitative estimate of drug-likeness (QED) is 0.149. The summed E-state index contributed by atoms with van der Waals surface area (Å²) >= 11 is 0. The number of carbonyl (C=O) groups excluding carboxylic acids is 2. The first-order valence-corrected chi connectivity index (χ1v) is 10.9. The standard InChI is InChI=1S/C22H42O3/c1-3-5-7-14-18-21(17-6-4-2)22(24)25-20-16-13-11-9-8-10-12-15-19-23/h19,21H,3-18,20H2,1-2H3. The molecule has 0 aromatic carbocycles. The summed E-state index contributed by atoms with van der Waals surface area (Å²) in [7, 11) is 0. The third kappa shape index (κ3) is 16.4. The van der Waals surface area contributed by atoms with Crippen molar-refractivity contribution in [3.8, 4) is 0 Å². The van der Waals surface area contributed by atoms with E-state index in [1.54, 1.807) is 0 Å². The van der Waals surface area contributed by atoms with Crippen molar-refractivity contribution in [3.05, 3.63) is 0 Å². The summed E-state index contributed by atoms with van der Waals surface area (Å²) in [6, 6.07) is 0. The average molecular weight is 355 g/mol. The lowest BCUT2D eigenvalue weighted by Crippen LogP contribution is -2.18. The fourth-order valence-corrected chi connectivity index (χ4v) is 3.15. The largest absolute Gasteiger partial charge is 0.465 e. The van der Waals surface area contributed by atoms with Crippen LogP contribution in [-0.4, -0.2) is 18.9 Å². The Bertz CT molecular complexity index is 302. The van der Waals surface area contributed by atoms with Gasteiger partial charge in [-0.1, -0.05) is 84.5 Å². The van der Waals surface area contributed by atoms with Gasteiger partial charge in [0.2, 0.25) is 0 Å². The van der Waals surface area contributed by atoms with Crippen LogP contribution in [0.5, 0.6) is 0 Å². The second-order valence-corrected chi connectivity index (χ2v) is 7.29. The summed E-state index contributed by atoms with van der Waals surface area (Å²) < 4.78 is 5.54. The van der Waals surface area contributed by atoms with E-state index in [1.165, 1.54) is 38.5 Å². The van der Waals surface area contributed by atoms with E-state index in [2.05, 4.69) is 13.8 Å². The first-order chi connectivity index (χ1) is 12.3. The van der Waals surface area contributed by atoms with Crippen LogP contribution in [0, 0.1) is 5.92 Å². The molecule has 0 saturated heterocycles. The molecule has 0 radical (unpaired) electrons. The van der Waals surface area contributed by atoms with Gasteiger partial charge in [-0.05, 0) is 25.7 Å². The molecule has 0 aromatic rings. The zero-order valence-corrected chi connectivity index (χ0v) is 16.9. The Morgan fingerprint density at radius 3 is 1.96 bits per heavy atom. The Kier molecular flexibility index (Phi) is 18.8. The van der Waals surface area contributed by atoms with Crippen LogP contribution in [-0.2, 0) is 14.3 Å². The molecule has 0 fully saturated rings. The molecule has 148 valence electrons. The van der Waals surface area contributed by atoms with E-state index in [-0.39, 0.29) is 11.9 Å². The second kappa shape index (κ2) is 19.5. The third-order valence-electron chi connectivity index (χ3n) is 4.86. The molecular formula is C22H42O3. The molecule has 0 N–H and O–H groups in total.